The summed E-state index contributed by atoms with van der Waals surface area (Å²) < 4.78 is 1.86. The fourth-order valence-corrected chi connectivity index (χ4v) is 4.23. The Kier molecular flexibility index (Phi) is 5.02. The highest BCUT2D eigenvalue weighted by atomic mass is 16.1. The Morgan fingerprint density at radius 1 is 1.21 bits per heavy atom. The van der Waals surface area contributed by atoms with Crippen molar-refractivity contribution in [3.8, 4) is 0 Å². The van der Waals surface area contributed by atoms with Gasteiger partial charge in [-0.3, -0.25) is 9.69 Å². The molecule has 0 radical (unpaired) electrons. The zero-order valence-corrected chi connectivity index (χ0v) is 17.9. The molecule has 4 rings (SSSR count). The fraction of sp³-hybridized carbons (Fsp3) is 0.545. The summed E-state index contributed by atoms with van der Waals surface area (Å²) in [4.78, 5) is 18.7. The highest BCUT2D eigenvalue weighted by Gasteiger charge is 2.34. The lowest BCUT2D eigenvalue weighted by Crippen LogP contribution is -2.41. The number of nitrogens with zero attached hydrogens (tertiary/aromatic N) is 5. The van der Waals surface area contributed by atoms with Crippen LogP contribution in [0.2, 0.25) is 0 Å². The fourth-order valence-electron chi connectivity index (χ4n) is 4.23. The number of rotatable bonds is 3. The molecule has 1 aliphatic rings. The maximum Gasteiger partial charge on any atom is 0.253 e. The van der Waals surface area contributed by atoms with Crippen LogP contribution in [0.3, 0.4) is 0 Å². The van der Waals surface area contributed by atoms with E-state index in [0.29, 0.717) is 11.5 Å². The number of fused-ring (bicyclic) bond motifs is 1. The van der Waals surface area contributed by atoms with Crippen LogP contribution < -0.4 is 5.56 Å². The molecule has 1 fully saturated rings. The van der Waals surface area contributed by atoms with Crippen molar-refractivity contribution < 1.29 is 0 Å². The predicted octanol–water partition coefficient (Wildman–Crippen LogP) is 3.40. The minimum absolute atomic E-state index is 0.0705. The molecule has 7 heteroatoms. The van der Waals surface area contributed by atoms with Crippen molar-refractivity contribution in [2.75, 3.05) is 13.1 Å². The number of nitrogens with one attached hydrogen (secondary N) is 1. The van der Waals surface area contributed by atoms with Crippen LogP contribution in [0.5, 0.6) is 0 Å². The molecular weight excluding hydrogens is 364 g/mol. The van der Waals surface area contributed by atoms with Crippen molar-refractivity contribution in [2.24, 2.45) is 5.92 Å². The van der Waals surface area contributed by atoms with Crippen molar-refractivity contribution in [1.82, 2.24) is 30.1 Å². The quantitative estimate of drug-likeness (QED) is 0.736. The SMILES string of the molecule is Cc1cccc2cc([C@H](c3nnnn3C(C)(C)C)N3CCC(C)CC3)c(=O)[nH]c12. The van der Waals surface area contributed by atoms with Gasteiger partial charge < -0.3 is 4.98 Å². The van der Waals surface area contributed by atoms with Gasteiger partial charge in [0, 0.05) is 5.56 Å². The van der Waals surface area contributed by atoms with Crippen LogP contribution in [0.4, 0.5) is 0 Å². The Balaban J connectivity index is 1.90. The monoisotopic (exact) mass is 394 g/mol. The molecule has 0 bridgehead atoms. The number of para-hydroxylation sites is 1. The second kappa shape index (κ2) is 7.37. The molecule has 7 nitrogen and oxygen atoms in total. The largest absolute Gasteiger partial charge is 0.321 e. The Labute approximate surface area is 171 Å². The minimum Gasteiger partial charge on any atom is -0.321 e. The number of pyridine rings is 1. The van der Waals surface area contributed by atoms with E-state index in [9.17, 15) is 4.79 Å². The molecule has 29 heavy (non-hydrogen) atoms. The number of aryl methyl sites for hydroxylation is 1. The van der Waals surface area contributed by atoms with Gasteiger partial charge >= 0.3 is 0 Å². The number of aromatic nitrogens is 5. The van der Waals surface area contributed by atoms with Gasteiger partial charge in [0.05, 0.1) is 11.1 Å². The third-order valence-electron chi connectivity index (χ3n) is 5.97. The van der Waals surface area contributed by atoms with Gasteiger partial charge in [-0.1, -0.05) is 25.1 Å². The summed E-state index contributed by atoms with van der Waals surface area (Å²) in [5.74, 6) is 1.42. The van der Waals surface area contributed by atoms with E-state index in [1.165, 1.54) is 0 Å². The van der Waals surface area contributed by atoms with Gasteiger partial charge in [0.2, 0.25) is 0 Å². The van der Waals surface area contributed by atoms with Crippen LogP contribution in [0.25, 0.3) is 10.9 Å². The molecule has 0 spiro atoms. The molecule has 0 amide bonds. The first-order valence-corrected chi connectivity index (χ1v) is 10.4. The zero-order chi connectivity index (χ0) is 20.8. The summed E-state index contributed by atoms with van der Waals surface area (Å²) in [7, 11) is 0. The third-order valence-corrected chi connectivity index (χ3v) is 5.97. The molecule has 1 aromatic carbocycles. The lowest BCUT2D eigenvalue weighted by Gasteiger charge is -2.36. The lowest BCUT2D eigenvalue weighted by molar-refractivity contribution is 0.144. The van der Waals surface area contributed by atoms with E-state index in [-0.39, 0.29) is 17.1 Å². The lowest BCUT2D eigenvalue weighted by atomic mass is 9.94. The van der Waals surface area contributed by atoms with Crippen LogP contribution in [0, 0.1) is 12.8 Å². The molecule has 1 atom stereocenters. The molecular formula is C22H30N6O. The number of aromatic amines is 1. The number of likely N-dealkylation sites (tertiary alicyclic amines) is 1. The molecule has 154 valence electrons. The summed E-state index contributed by atoms with van der Waals surface area (Å²) in [6.45, 7) is 12.4. The summed E-state index contributed by atoms with van der Waals surface area (Å²) in [5, 5.41) is 13.7. The molecule has 1 saturated heterocycles. The number of H-pyrrole nitrogens is 1. The van der Waals surface area contributed by atoms with Crippen molar-refractivity contribution in [1.29, 1.82) is 0 Å². The standard InChI is InChI=1S/C22H30N6O/c1-14-9-11-27(12-10-14)19(20-24-25-26-28(20)22(3,4)5)17-13-16-8-6-7-15(2)18(16)23-21(17)29/h6-8,13-14,19H,9-12H2,1-5H3,(H,23,29)/t19-/m1/s1. The van der Waals surface area contributed by atoms with Crippen LogP contribution in [0.15, 0.2) is 29.1 Å². The van der Waals surface area contributed by atoms with Crippen molar-refractivity contribution >= 4 is 10.9 Å². The van der Waals surface area contributed by atoms with E-state index in [1.54, 1.807) is 0 Å². The van der Waals surface area contributed by atoms with Gasteiger partial charge in [-0.25, -0.2) is 4.68 Å². The molecule has 1 aliphatic heterocycles. The topological polar surface area (TPSA) is 79.7 Å². The average molecular weight is 395 g/mol. The average Bonchev–Trinajstić information content (AvgIpc) is 3.15. The smallest absolute Gasteiger partial charge is 0.253 e. The number of piperidine rings is 1. The molecule has 2 aromatic heterocycles. The highest BCUT2D eigenvalue weighted by Crippen LogP contribution is 2.32. The summed E-state index contributed by atoms with van der Waals surface area (Å²) in [6.07, 6.45) is 2.22. The first kappa shape index (κ1) is 19.8. The predicted molar refractivity (Wildman–Crippen MR) is 114 cm³/mol. The second-order valence-electron chi connectivity index (χ2n) is 9.33. The molecule has 3 heterocycles. The van der Waals surface area contributed by atoms with Crippen LogP contribution in [-0.2, 0) is 5.54 Å². The normalized spacial score (nSPS) is 17.7. The van der Waals surface area contributed by atoms with Gasteiger partial charge in [-0.05, 0) is 87.0 Å². The number of hydrogen-bond donors (Lipinski definition) is 1. The summed E-state index contributed by atoms with van der Waals surface area (Å²) in [5.41, 5.74) is 2.31. The van der Waals surface area contributed by atoms with E-state index in [2.05, 4.69) is 53.1 Å². The van der Waals surface area contributed by atoms with Crippen LogP contribution >= 0.6 is 0 Å². The number of tetrazole rings is 1. The van der Waals surface area contributed by atoms with E-state index in [0.717, 1.165) is 48.2 Å². The maximum absolute atomic E-state index is 13.2. The Morgan fingerprint density at radius 3 is 2.62 bits per heavy atom. The molecule has 0 aliphatic carbocycles. The zero-order valence-electron chi connectivity index (χ0n) is 17.9. The molecule has 0 saturated carbocycles. The van der Waals surface area contributed by atoms with E-state index in [1.807, 2.05) is 35.9 Å². The van der Waals surface area contributed by atoms with Gasteiger partial charge in [0.1, 0.15) is 6.04 Å². The molecule has 0 unspecified atom stereocenters. The van der Waals surface area contributed by atoms with Gasteiger partial charge in [0.25, 0.3) is 5.56 Å². The molecule has 1 N–H and O–H groups in total. The second-order valence-corrected chi connectivity index (χ2v) is 9.33. The van der Waals surface area contributed by atoms with Crippen LogP contribution in [0.1, 0.15) is 63.5 Å². The Hall–Kier alpha value is -2.54. The van der Waals surface area contributed by atoms with Gasteiger partial charge in [0.15, 0.2) is 5.82 Å². The molecule has 3 aromatic rings. The Bertz CT molecular complexity index is 1070. The van der Waals surface area contributed by atoms with E-state index < -0.39 is 0 Å². The summed E-state index contributed by atoms with van der Waals surface area (Å²) >= 11 is 0. The third kappa shape index (κ3) is 3.71. The summed E-state index contributed by atoms with van der Waals surface area (Å²) in [6, 6.07) is 7.83. The van der Waals surface area contributed by atoms with Gasteiger partial charge in [-0.2, -0.15) is 0 Å². The Morgan fingerprint density at radius 2 is 1.93 bits per heavy atom. The van der Waals surface area contributed by atoms with Crippen LogP contribution in [-0.4, -0.2) is 43.2 Å². The van der Waals surface area contributed by atoms with Gasteiger partial charge in [-0.15, -0.1) is 5.10 Å². The first-order valence-electron chi connectivity index (χ1n) is 10.4. The van der Waals surface area contributed by atoms with Crippen molar-refractivity contribution in [3.05, 3.63) is 51.6 Å². The van der Waals surface area contributed by atoms with E-state index in [4.69, 9.17) is 0 Å². The van der Waals surface area contributed by atoms with Crippen molar-refractivity contribution in [2.45, 2.75) is 59.0 Å². The first-order chi connectivity index (χ1) is 13.8. The van der Waals surface area contributed by atoms with E-state index >= 15 is 0 Å². The maximum atomic E-state index is 13.2. The number of hydrogen-bond acceptors (Lipinski definition) is 5. The highest BCUT2D eigenvalue weighted by molar-refractivity contribution is 5.82. The number of benzene rings is 1. The minimum atomic E-state index is -0.277. The van der Waals surface area contributed by atoms with Crippen molar-refractivity contribution in [3.63, 3.8) is 0 Å².